The van der Waals surface area contributed by atoms with Crippen LogP contribution in [0.15, 0.2) is 18.2 Å². The summed E-state index contributed by atoms with van der Waals surface area (Å²) in [6.07, 6.45) is 3.95. The van der Waals surface area contributed by atoms with Gasteiger partial charge in [0.15, 0.2) is 5.82 Å². The number of nitrogens with one attached hydrogen (secondary N) is 3. The highest BCUT2D eigenvalue weighted by Gasteiger charge is 2.53. The van der Waals surface area contributed by atoms with Gasteiger partial charge in [-0.2, -0.15) is 4.98 Å². The number of imide groups is 1. The lowest BCUT2D eigenvalue weighted by atomic mass is 9.65. The van der Waals surface area contributed by atoms with Crippen molar-refractivity contribution < 1.29 is 23.9 Å². The van der Waals surface area contributed by atoms with E-state index in [1.807, 2.05) is 0 Å². The lowest BCUT2D eigenvalue weighted by Crippen LogP contribution is -2.51. The van der Waals surface area contributed by atoms with Crippen molar-refractivity contribution in [3.05, 3.63) is 18.2 Å². The van der Waals surface area contributed by atoms with Crippen molar-refractivity contribution >= 4 is 23.8 Å². The summed E-state index contributed by atoms with van der Waals surface area (Å²) in [5.41, 5.74) is -0.0949. The number of hydrogen-bond donors (Lipinski definition) is 3. The fourth-order valence-electron chi connectivity index (χ4n) is 5.08. The minimum absolute atomic E-state index is 0.0249. The average Bonchev–Trinajstić information content (AvgIpc) is 3.42. The summed E-state index contributed by atoms with van der Waals surface area (Å²) in [5, 5.41) is 12.2. The van der Waals surface area contributed by atoms with Gasteiger partial charge >= 0.3 is 6.03 Å². The van der Waals surface area contributed by atoms with Crippen molar-refractivity contribution in [3.8, 4) is 22.9 Å². The van der Waals surface area contributed by atoms with Crippen LogP contribution in [-0.2, 0) is 9.59 Å². The van der Waals surface area contributed by atoms with Crippen LogP contribution in [0.2, 0.25) is 0 Å². The molecule has 2 aromatic rings. The van der Waals surface area contributed by atoms with E-state index >= 15 is 0 Å². The Balaban J connectivity index is 1.39. The smallest absolute Gasteiger partial charge is 0.325 e. The molecule has 3 N–H and O–H groups in total. The molecule has 2 heterocycles. The fourth-order valence-corrected chi connectivity index (χ4v) is 5.08. The van der Waals surface area contributed by atoms with Crippen molar-refractivity contribution in [2.24, 2.45) is 11.3 Å². The molecule has 36 heavy (non-hydrogen) atoms. The molecule has 0 bridgehead atoms. The highest BCUT2D eigenvalue weighted by molar-refractivity contribution is 6.10. The van der Waals surface area contributed by atoms with Gasteiger partial charge < -0.3 is 14.8 Å². The van der Waals surface area contributed by atoms with Crippen LogP contribution in [0.5, 0.6) is 11.5 Å². The number of nitrogens with zero attached hydrogens (tertiary/aromatic N) is 3. The second-order valence-corrected chi connectivity index (χ2v) is 10.1. The summed E-state index contributed by atoms with van der Waals surface area (Å²) >= 11 is 0. The van der Waals surface area contributed by atoms with Crippen molar-refractivity contribution in [3.63, 3.8) is 0 Å². The number of H-pyrrole nitrogens is 1. The SMILES string of the molecule is CCC(C)(C)C1CCC2(CC1)NC(=O)N(CC(=O)Nc1n[nH]c(-c3ccc(OC)cc3OC)n1)C2=O. The van der Waals surface area contributed by atoms with Crippen molar-refractivity contribution in [1.29, 1.82) is 0 Å². The van der Waals surface area contributed by atoms with E-state index in [2.05, 4.69) is 46.6 Å². The Morgan fingerprint density at radius 1 is 1.22 bits per heavy atom. The number of rotatable bonds is 8. The molecule has 2 fully saturated rings. The molecule has 194 valence electrons. The van der Waals surface area contributed by atoms with Crippen molar-refractivity contribution in [1.82, 2.24) is 25.4 Å². The molecule has 11 nitrogen and oxygen atoms in total. The lowest BCUT2D eigenvalue weighted by Gasteiger charge is -2.42. The molecule has 1 aromatic carbocycles. The first-order valence-electron chi connectivity index (χ1n) is 12.2. The second kappa shape index (κ2) is 9.79. The Labute approximate surface area is 210 Å². The topological polar surface area (TPSA) is 139 Å². The van der Waals surface area contributed by atoms with E-state index in [-0.39, 0.29) is 17.3 Å². The van der Waals surface area contributed by atoms with Crippen LogP contribution in [0.25, 0.3) is 11.4 Å². The molecule has 0 radical (unpaired) electrons. The van der Waals surface area contributed by atoms with E-state index in [0.717, 1.165) is 24.2 Å². The van der Waals surface area contributed by atoms with Crippen LogP contribution in [-0.4, -0.2) is 64.2 Å². The maximum absolute atomic E-state index is 13.2. The number of urea groups is 1. The molecule has 0 unspecified atom stereocenters. The number of ether oxygens (including phenoxy) is 2. The molecule has 1 saturated heterocycles. The van der Waals surface area contributed by atoms with E-state index in [4.69, 9.17) is 9.47 Å². The summed E-state index contributed by atoms with van der Waals surface area (Å²) in [4.78, 5) is 43.8. The molecule has 4 rings (SSSR count). The predicted molar refractivity (Wildman–Crippen MR) is 133 cm³/mol. The predicted octanol–water partition coefficient (Wildman–Crippen LogP) is 3.34. The summed E-state index contributed by atoms with van der Waals surface area (Å²) in [5.74, 6) is 1.14. The standard InChI is InChI=1S/C25H34N6O5/c1-6-24(2,3)15-9-11-25(12-10-15)21(33)31(23(34)28-25)14-19(32)26-22-27-20(29-30-22)17-8-7-16(35-4)13-18(17)36-5/h7-8,13,15H,6,9-12,14H2,1-5H3,(H,28,34)(H2,26,27,29,30,32). The minimum Gasteiger partial charge on any atom is -0.497 e. The molecule has 1 spiro atoms. The first kappa shape index (κ1) is 25.5. The molecule has 1 aliphatic carbocycles. The van der Waals surface area contributed by atoms with Gasteiger partial charge in [0.1, 0.15) is 23.6 Å². The minimum atomic E-state index is -0.916. The Bertz CT molecular complexity index is 1150. The maximum atomic E-state index is 13.2. The quantitative estimate of drug-likeness (QED) is 0.475. The number of aromatic amines is 1. The molecular formula is C25H34N6O5. The molecule has 1 saturated carbocycles. The van der Waals surface area contributed by atoms with Gasteiger partial charge in [-0.25, -0.2) is 4.79 Å². The summed E-state index contributed by atoms with van der Waals surface area (Å²) in [6.45, 7) is 6.27. The Morgan fingerprint density at radius 2 is 1.94 bits per heavy atom. The van der Waals surface area contributed by atoms with Crippen molar-refractivity contribution in [2.45, 2.75) is 58.4 Å². The zero-order valence-electron chi connectivity index (χ0n) is 21.4. The molecule has 2 aliphatic rings. The summed E-state index contributed by atoms with van der Waals surface area (Å²) in [7, 11) is 3.08. The van der Waals surface area contributed by atoms with Gasteiger partial charge in [-0.3, -0.25) is 24.9 Å². The largest absolute Gasteiger partial charge is 0.497 e. The third-order valence-electron chi connectivity index (χ3n) is 7.80. The van der Waals surface area contributed by atoms with Crippen LogP contribution in [0.4, 0.5) is 10.7 Å². The molecule has 0 atom stereocenters. The van der Waals surface area contributed by atoms with Crippen LogP contribution in [0, 0.1) is 11.3 Å². The van der Waals surface area contributed by atoms with Crippen LogP contribution in [0.3, 0.4) is 0 Å². The zero-order chi connectivity index (χ0) is 26.1. The van der Waals surface area contributed by atoms with Crippen LogP contribution < -0.4 is 20.1 Å². The molecule has 1 aliphatic heterocycles. The van der Waals surface area contributed by atoms with Crippen LogP contribution >= 0.6 is 0 Å². The van der Waals surface area contributed by atoms with Gasteiger partial charge in [-0.15, -0.1) is 5.10 Å². The number of hydrogen-bond acceptors (Lipinski definition) is 7. The first-order chi connectivity index (χ1) is 17.1. The molecule has 1 aromatic heterocycles. The van der Waals surface area contributed by atoms with Gasteiger partial charge in [0.05, 0.1) is 19.8 Å². The van der Waals surface area contributed by atoms with E-state index in [1.54, 1.807) is 25.3 Å². The van der Waals surface area contributed by atoms with Gasteiger partial charge in [0.25, 0.3) is 5.91 Å². The van der Waals surface area contributed by atoms with E-state index in [0.29, 0.717) is 41.6 Å². The monoisotopic (exact) mass is 498 g/mol. The Morgan fingerprint density at radius 3 is 2.58 bits per heavy atom. The Kier molecular flexibility index (Phi) is 6.92. The Hall–Kier alpha value is -3.63. The highest BCUT2D eigenvalue weighted by atomic mass is 16.5. The summed E-state index contributed by atoms with van der Waals surface area (Å²) in [6, 6.07) is 4.68. The highest BCUT2D eigenvalue weighted by Crippen LogP contribution is 2.45. The number of anilines is 1. The van der Waals surface area contributed by atoms with Gasteiger partial charge in [0, 0.05) is 6.07 Å². The number of carbonyl (C=O) groups excluding carboxylic acids is 3. The first-order valence-corrected chi connectivity index (χ1v) is 12.2. The van der Waals surface area contributed by atoms with Crippen molar-refractivity contribution in [2.75, 3.05) is 26.1 Å². The number of aromatic nitrogens is 3. The summed E-state index contributed by atoms with van der Waals surface area (Å²) < 4.78 is 10.6. The average molecular weight is 499 g/mol. The van der Waals surface area contributed by atoms with Gasteiger partial charge in [-0.05, 0) is 49.1 Å². The van der Waals surface area contributed by atoms with E-state index < -0.39 is 24.0 Å². The number of amides is 4. The molecule has 4 amide bonds. The fraction of sp³-hybridized carbons (Fsp3) is 0.560. The van der Waals surface area contributed by atoms with Gasteiger partial charge in [-0.1, -0.05) is 27.2 Å². The molecule has 11 heteroatoms. The van der Waals surface area contributed by atoms with E-state index in [9.17, 15) is 14.4 Å². The number of benzene rings is 1. The number of carbonyl (C=O) groups is 3. The lowest BCUT2D eigenvalue weighted by molar-refractivity contribution is -0.135. The third kappa shape index (κ3) is 4.74. The zero-order valence-corrected chi connectivity index (χ0v) is 21.4. The van der Waals surface area contributed by atoms with E-state index in [1.165, 1.54) is 7.11 Å². The third-order valence-corrected chi connectivity index (χ3v) is 7.80. The number of methoxy groups -OCH3 is 2. The molecular weight excluding hydrogens is 464 g/mol. The normalized spacial score (nSPS) is 22.0. The second-order valence-electron chi connectivity index (χ2n) is 10.1. The maximum Gasteiger partial charge on any atom is 0.325 e. The van der Waals surface area contributed by atoms with Gasteiger partial charge in [0.2, 0.25) is 11.9 Å². The van der Waals surface area contributed by atoms with Crippen LogP contribution in [0.1, 0.15) is 52.9 Å².